The standard InChI is InChI=1S/C24H25ClN4O3S/c1-16-6-9-19(14-21(16)25)29-23(18-7-8-18)20(15-27-29)24(30)26-11-13-33(31,32)28-12-10-17-4-2-3-5-22(17)28/h2-6,9,14-15,18H,7-8,10-13H2,1H3,(H,26,30). The summed E-state index contributed by atoms with van der Waals surface area (Å²) >= 11 is 6.30. The van der Waals surface area contributed by atoms with E-state index in [-0.39, 0.29) is 24.1 Å². The number of nitrogens with zero attached hydrogens (tertiary/aromatic N) is 3. The lowest BCUT2D eigenvalue weighted by molar-refractivity contribution is 0.0955. The maximum absolute atomic E-state index is 13.0. The number of hydrogen-bond acceptors (Lipinski definition) is 4. The van der Waals surface area contributed by atoms with Crippen molar-refractivity contribution in [1.82, 2.24) is 15.1 Å². The molecular formula is C24H25ClN4O3S. The van der Waals surface area contributed by atoms with Crippen LogP contribution in [0.25, 0.3) is 5.69 Å². The number of benzene rings is 2. The number of hydrogen-bond donors (Lipinski definition) is 1. The largest absolute Gasteiger partial charge is 0.351 e. The zero-order valence-electron chi connectivity index (χ0n) is 18.3. The SMILES string of the molecule is Cc1ccc(-n2ncc(C(=O)NCCS(=O)(=O)N3CCc4ccccc43)c2C2CC2)cc1Cl. The first-order valence-corrected chi connectivity index (χ1v) is 13.0. The van der Waals surface area contributed by atoms with Crippen molar-refractivity contribution in [2.75, 3.05) is 23.1 Å². The average molecular weight is 485 g/mol. The minimum Gasteiger partial charge on any atom is -0.351 e. The van der Waals surface area contributed by atoms with Crippen molar-refractivity contribution in [3.8, 4) is 5.69 Å². The number of halogens is 1. The van der Waals surface area contributed by atoms with Gasteiger partial charge in [0.15, 0.2) is 0 Å². The molecule has 1 amide bonds. The van der Waals surface area contributed by atoms with Crippen LogP contribution in [0.15, 0.2) is 48.7 Å². The van der Waals surface area contributed by atoms with Crippen LogP contribution in [0.2, 0.25) is 5.02 Å². The lowest BCUT2D eigenvalue weighted by atomic mass is 10.1. The summed E-state index contributed by atoms with van der Waals surface area (Å²) in [7, 11) is -3.53. The molecule has 0 spiro atoms. The number of rotatable bonds is 7. The molecule has 0 bridgehead atoms. The molecule has 0 unspecified atom stereocenters. The molecular weight excluding hydrogens is 460 g/mol. The minimum absolute atomic E-state index is 0.0332. The molecule has 33 heavy (non-hydrogen) atoms. The van der Waals surface area contributed by atoms with E-state index >= 15 is 0 Å². The van der Waals surface area contributed by atoms with Crippen LogP contribution in [0.5, 0.6) is 0 Å². The molecule has 1 aromatic heterocycles. The predicted molar refractivity (Wildman–Crippen MR) is 129 cm³/mol. The number of aromatic nitrogens is 2. The van der Waals surface area contributed by atoms with Crippen molar-refractivity contribution >= 4 is 33.2 Å². The van der Waals surface area contributed by atoms with Gasteiger partial charge in [-0.15, -0.1) is 0 Å². The van der Waals surface area contributed by atoms with Crippen LogP contribution in [0.1, 0.15) is 45.9 Å². The Bertz CT molecular complexity index is 1330. The molecule has 0 radical (unpaired) electrons. The highest BCUT2D eigenvalue weighted by atomic mass is 35.5. The summed E-state index contributed by atoms with van der Waals surface area (Å²) in [6, 6.07) is 13.2. The molecule has 1 aliphatic heterocycles. The van der Waals surface area contributed by atoms with E-state index in [4.69, 9.17) is 11.6 Å². The number of anilines is 1. The molecule has 1 saturated carbocycles. The molecule has 9 heteroatoms. The van der Waals surface area contributed by atoms with Gasteiger partial charge in [0.1, 0.15) is 0 Å². The summed E-state index contributed by atoms with van der Waals surface area (Å²) in [5.74, 6) is -0.204. The second kappa shape index (κ2) is 8.50. The summed E-state index contributed by atoms with van der Waals surface area (Å²) in [5.41, 5.74) is 4.88. The van der Waals surface area contributed by atoms with Gasteiger partial charge in [-0.05, 0) is 55.5 Å². The van der Waals surface area contributed by atoms with E-state index in [9.17, 15) is 13.2 Å². The van der Waals surface area contributed by atoms with E-state index in [2.05, 4.69) is 10.4 Å². The molecule has 1 aliphatic carbocycles. The van der Waals surface area contributed by atoms with Gasteiger partial charge in [0, 0.05) is 24.0 Å². The second-order valence-corrected chi connectivity index (χ2v) is 11.0. The van der Waals surface area contributed by atoms with Crippen LogP contribution < -0.4 is 9.62 Å². The molecule has 2 aromatic carbocycles. The number of aryl methyl sites for hydroxylation is 1. The van der Waals surface area contributed by atoms with Gasteiger partial charge in [-0.1, -0.05) is 35.9 Å². The molecule has 3 aromatic rings. The van der Waals surface area contributed by atoms with Gasteiger partial charge in [-0.25, -0.2) is 13.1 Å². The van der Waals surface area contributed by atoms with Crippen LogP contribution in [-0.2, 0) is 16.4 Å². The Morgan fingerprint density at radius 3 is 2.76 bits per heavy atom. The summed E-state index contributed by atoms with van der Waals surface area (Å²) in [4.78, 5) is 13.0. The zero-order chi connectivity index (χ0) is 23.2. The molecule has 2 heterocycles. The third-order valence-electron chi connectivity index (χ3n) is 6.24. The minimum atomic E-state index is -3.53. The van der Waals surface area contributed by atoms with Crippen molar-refractivity contribution in [3.05, 3.63) is 76.1 Å². The predicted octanol–water partition coefficient (Wildman–Crippen LogP) is 3.83. The van der Waals surface area contributed by atoms with Crippen molar-refractivity contribution in [2.24, 2.45) is 0 Å². The van der Waals surface area contributed by atoms with Crippen molar-refractivity contribution in [1.29, 1.82) is 0 Å². The molecule has 2 aliphatic rings. The van der Waals surface area contributed by atoms with Gasteiger partial charge in [0.2, 0.25) is 10.0 Å². The molecule has 1 N–H and O–H groups in total. The number of nitrogens with one attached hydrogen (secondary N) is 1. The second-order valence-electron chi connectivity index (χ2n) is 8.59. The topological polar surface area (TPSA) is 84.3 Å². The number of amides is 1. The maximum Gasteiger partial charge on any atom is 0.254 e. The normalized spacial score (nSPS) is 15.5. The van der Waals surface area contributed by atoms with Crippen LogP contribution >= 0.6 is 11.6 Å². The maximum atomic E-state index is 13.0. The highest BCUT2D eigenvalue weighted by molar-refractivity contribution is 7.92. The highest BCUT2D eigenvalue weighted by Gasteiger charge is 2.33. The van der Waals surface area contributed by atoms with E-state index in [0.717, 1.165) is 41.0 Å². The van der Waals surface area contributed by atoms with E-state index in [1.165, 1.54) is 4.31 Å². The van der Waals surface area contributed by atoms with Crippen molar-refractivity contribution < 1.29 is 13.2 Å². The Morgan fingerprint density at radius 1 is 1.21 bits per heavy atom. The summed E-state index contributed by atoms with van der Waals surface area (Å²) < 4.78 is 29.0. The smallest absolute Gasteiger partial charge is 0.254 e. The fourth-order valence-corrected chi connectivity index (χ4v) is 5.90. The Labute approximate surface area is 198 Å². The molecule has 0 saturated heterocycles. The zero-order valence-corrected chi connectivity index (χ0v) is 19.9. The fourth-order valence-electron chi connectivity index (χ4n) is 4.30. The third-order valence-corrected chi connectivity index (χ3v) is 8.42. The van der Waals surface area contributed by atoms with Gasteiger partial charge in [0.05, 0.1) is 34.6 Å². The molecule has 1 fully saturated rings. The van der Waals surface area contributed by atoms with Crippen molar-refractivity contribution in [3.63, 3.8) is 0 Å². The van der Waals surface area contributed by atoms with Gasteiger partial charge < -0.3 is 5.32 Å². The Hall–Kier alpha value is -2.84. The van der Waals surface area contributed by atoms with Crippen LogP contribution in [0, 0.1) is 6.92 Å². The van der Waals surface area contributed by atoms with Crippen molar-refractivity contribution in [2.45, 2.75) is 32.1 Å². The fraction of sp³-hybridized carbons (Fsp3) is 0.333. The molecule has 5 rings (SSSR count). The van der Waals surface area contributed by atoms with Gasteiger partial charge in [-0.3, -0.25) is 9.10 Å². The van der Waals surface area contributed by atoms with E-state index in [1.807, 2.05) is 49.4 Å². The lowest BCUT2D eigenvalue weighted by Crippen LogP contribution is -2.37. The summed E-state index contributed by atoms with van der Waals surface area (Å²) in [6.07, 6.45) is 4.25. The Balaban J connectivity index is 1.30. The van der Waals surface area contributed by atoms with Crippen LogP contribution in [0.4, 0.5) is 5.69 Å². The third kappa shape index (κ3) is 4.25. The number of carbonyl (C=O) groups excluding carboxylic acids is 1. The average Bonchev–Trinajstić information content (AvgIpc) is 3.37. The van der Waals surface area contributed by atoms with E-state index < -0.39 is 10.0 Å². The van der Waals surface area contributed by atoms with Gasteiger partial charge in [-0.2, -0.15) is 5.10 Å². The Kier molecular flexibility index (Phi) is 5.66. The molecule has 7 nitrogen and oxygen atoms in total. The summed E-state index contributed by atoms with van der Waals surface area (Å²) in [5, 5.41) is 7.88. The first kappa shape index (κ1) is 22.0. The monoisotopic (exact) mass is 484 g/mol. The number of sulfonamides is 1. The molecule has 0 atom stereocenters. The lowest BCUT2D eigenvalue weighted by Gasteiger charge is -2.19. The van der Waals surface area contributed by atoms with Gasteiger partial charge >= 0.3 is 0 Å². The van der Waals surface area contributed by atoms with E-state index in [0.29, 0.717) is 23.6 Å². The quantitative estimate of drug-likeness (QED) is 0.552. The number of carbonyl (C=O) groups is 1. The van der Waals surface area contributed by atoms with Gasteiger partial charge in [0.25, 0.3) is 5.91 Å². The van der Waals surface area contributed by atoms with E-state index in [1.54, 1.807) is 10.9 Å². The number of fused-ring (bicyclic) bond motifs is 1. The highest BCUT2D eigenvalue weighted by Crippen LogP contribution is 2.42. The first-order chi connectivity index (χ1) is 15.8. The summed E-state index contributed by atoms with van der Waals surface area (Å²) in [6.45, 7) is 2.41. The number of para-hydroxylation sites is 1. The Morgan fingerprint density at radius 2 is 2.00 bits per heavy atom. The molecule has 172 valence electrons. The van der Waals surface area contributed by atoms with Crippen LogP contribution in [-0.4, -0.2) is 42.9 Å². The van der Waals surface area contributed by atoms with Crippen LogP contribution in [0.3, 0.4) is 0 Å². The first-order valence-electron chi connectivity index (χ1n) is 11.1.